The number of carbonyl (C=O) groups excluding carboxylic acids is 2. The van der Waals surface area contributed by atoms with E-state index in [1.54, 1.807) is 35.0 Å². The molecule has 9 heteroatoms. The lowest BCUT2D eigenvalue weighted by molar-refractivity contribution is -0.119. The van der Waals surface area contributed by atoms with Crippen LogP contribution in [0.1, 0.15) is 25.3 Å². The van der Waals surface area contributed by atoms with Crippen LogP contribution in [-0.2, 0) is 21.2 Å². The Kier molecular flexibility index (Phi) is 4.19. The number of nitrogens with zero attached hydrogens (tertiary/aromatic N) is 3. The van der Waals surface area contributed by atoms with Crippen LogP contribution in [0.3, 0.4) is 0 Å². The van der Waals surface area contributed by atoms with Crippen LogP contribution in [0.2, 0.25) is 0 Å². The van der Waals surface area contributed by atoms with Crippen molar-refractivity contribution in [3.8, 4) is 0 Å². The summed E-state index contributed by atoms with van der Waals surface area (Å²) >= 11 is 0. The average Bonchev–Trinajstić information content (AvgIpc) is 3.04. The Labute approximate surface area is 159 Å². The molecule has 0 radical (unpaired) electrons. The van der Waals surface area contributed by atoms with Gasteiger partial charge in [-0.15, -0.1) is 0 Å². The van der Waals surface area contributed by atoms with Gasteiger partial charge in [0, 0.05) is 37.9 Å². The van der Waals surface area contributed by atoms with Gasteiger partial charge in [0.1, 0.15) is 6.54 Å². The van der Waals surface area contributed by atoms with Gasteiger partial charge in [0.25, 0.3) is 0 Å². The van der Waals surface area contributed by atoms with Crippen LogP contribution >= 0.6 is 0 Å². The van der Waals surface area contributed by atoms with Gasteiger partial charge in [0.2, 0.25) is 15.9 Å². The maximum atomic E-state index is 12.8. The molecule has 1 aliphatic carbocycles. The van der Waals surface area contributed by atoms with E-state index in [2.05, 4.69) is 4.72 Å². The van der Waals surface area contributed by atoms with Gasteiger partial charge in [0.05, 0.1) is 4.90 Å². The molecule has 0 bridgehead atoms. The van der Waals surface area contributed by atoms with Gasteiger partial charge in [-0.05, 0) is 43.9 Å². The Morgan fingerprint density at radius 1 is 1.22 bits per heavy atom. The van der Waals surface area contributed by atoms with Crippen LogP contribution in [0.15, 0.2) is 23.1 Å². The first-order valence-electron chi connectivity index (χ1n) is 9.16. The van der Waals surface area contributed by atoms with Crippen molar-refractivity contribution in [3.63, 3.8) is 0 Å². The molecule has 4 rings (SSSR count). The number of hydrogen-bond acceptors (Lipinski definition) is 4. The highest BCUT2D eigenvalue weighted by atomic mass is 32.2. The molecule has 146 valence electrons. The van der Waals surface area contributed by atoms with E-state index in [-0.39, 0.29) is 28.9 Å². The molecule has 3 aliphatic rings. The summed E-state index contributed by atoms with van der Waals surface area (Å²) in [5.41, 5.74) is 1.23. The van der Waals surface area contributed by atoms with Crippen molar-refractivity contribution < 1.29 is 18.0 Å². The van der Waals surface area contributed by atoms with E-state index in [1.807, 2.05) is 6.92 Å². The molecule has 1 saturated carbocycles. The summed E-state index contributed by atoms with van der Waals surface area (Å²) in [6.45, 7) is 3.53. The minimum atomic E-state index is -3.62. The average molecular weight is 392 g/mol. The number of anilines is 1. The number of benzene rings is 1. The molecular formula is C18H24N4O4S. The second-order valence-corrected chi connectivity index (χ2v) is 9.56. The van der Waals surface area contributed by atoms with Gasteiger partial charge in [-0.3, -0.25) is 4.79 Å². The van der Waals surface area contributed by atoms with E-state index in [0.29, 0.717) is 31.7 Å². The third-order valence-corrected chi connectivity index (χ3v) is 7.21. The second-order valence-electron chi connectivity index (χ2n) is 7.88. The Morgan fingerprint density at radius 2 is 1.96 bits per heavy atom. The number of rotatable bonds is 5. The van der Waals surface area contributed by atoms with Gasteiger partial charge in [-0.25, -0.2) is 17.9 Å². The molecule has 1 aromatic carbocycles. The van der Waals surface area contributed by atoms with Crippen LogP contribution in [0.5, 0.6) is 0 Å². The number of fused-ring (bicyclic) bond motifs is 1. The highest BCUT2D eigenvalue weighted by Crippen LogP contribution is 2.37. The molecule has 27 heavy (non-hydrogen) atoms. The number of nitrogens with one attached hydrogen (secondary N) is 1. The SMILES string of the molecule is CN1CCN(CC(=O)N2CCc3ccc(S(=O)(=O)NC4(C)CC4)cc32)C1=O. The van der Waals surface area contributed by atoms with Crippen molar-refractivity contribution in [3.05, 3.63) is 23.8 Å². The molecule has 2 heterocycles. The van der Waals surface area contributed by atoms with Gasteiger partial charge < -0.3 is 14.7 Å². The molecule has 0 unspecified atom stereocenters. The smallest absolute Gasteiger partial charge is 0.320 e. The van der Waals surface area contributed by atoms with Crippen molar-refractivity contribution in [2.45, 2.75) is 36.6 Å². The first kappa shape index (κ1) is 18.2. The summed E-state index contributed by atoms with van der Waals surface area (Å²) < 4.78 is 28.0. The highest BCUT2D eigenvalue weighted by Gasteiger charge is 2.41. The summed E-state index contributed by atoms with van der Waals surface area (Å²) in [5.74, 6) is -0.186. The highest BCUT2D eigenvalue weighted by molar-refractivity contribution is 7.89. The summed E-state index contributed by atoms with van der Waals surface area (Å²) in [7, 11) is -1.91. The van der Waals surface area contributed by atoms with Crippen molar-refractivity contribution >= 4 is 27.6 Å². The molecule has 2 fully saturated rings. The lowest BCUT2D eigenvalue weighted by Gasteiger charge is -2.22. The standard InChI is InChI=1S/C18H24N4O4S/c1-18(6-7-18)19-27(25,26)14-4-3-13-5-8-22(15(13)11-14)16(23)12-21-10-9-20(2)17(21)24/h3-4,11,19H,5-10,12H2,1-2H3. The van der Waals surface area contributed by atoms with Gasteiger partial charge in [-0.2, -0.15) is 0 Å². The van der Waals surface area contributed by atoms with Crippen molar-refractivity contribution in [1.82, 2.24) is 14.5 Å². The predicted molar refractivity (Wildman–Crippen MR) is 100 cm³/mol. The topological polar surface area (TPSA) is 90.0 Å². The number of hydrogen-bond donors (Lipinski definition) is 1. The van der Waals surface area contributed by atoms with Crippen LogP contribution < -0.4 is 9.62 Å². The van der Waals surface area contributed by atoms with Crippen LogP contribution in [0.4, 0.5) is 10.5 Å². The summed E-state index contributed by atoms with van der Waals surface area (Å²) in [6, 6.07) is 4.80. The Bertz CT molecular complexity index is 910. The number of amides is 3. The molecule has 1 aromatic rings. The zero-order chi connectivity index (χ0) is 19.4. The van der Waals surface area contributed by atoms with Crippen LogP contribution in [0.25, 0.3) is 0 Å². The number of urea groups is 1. The molecule has 1 saturated heterocycles. The van der Waals surface area contributed by atoms with Crippen molar-refractivity contribution in [2.75, 3.05) is 38.1 Å². The predicted octanol–water partition coefficient (Wildman–Crippen LogP) is 0.774. The molecule has 3 amide bonds. The first-order chi connectivity index (χ1) is 12.7. The normalized spacial score (nSPS) is 21.0. The first-order valence-corrected chi connectivity index (χ1v) is 10.6. The molecule has 0 aromatic heterocycles. The van der Waals surface area contributed by atoms with Crippen LogP contribution in [0, 0.1) is 0 Å². The van der Waals surface area contributed by atoms with Gasteiger partial charge >= 0.3 is 6.03 Å². The summed E-state index contributed by atoms with van der Waals surface area (Å²) in [4.78, 5) is 29.7. The van der Waals surface area contributed by atoms with Crippen LogP contribution in [-0.4, -0.2) is 68.9 Å². The Hall–Kier alpha value is -2.13. The third-order valence-electron chi connectivity index (χ3n) is 5.57. The van der Waals surface area contributed by atoms with E-state index >= 15 is 0 Å². The minimum absolute atomic E-state index is 0.00983. The summed E-state index contributed by atoms with van der Waals surface area (Å²) in [5, 5.41) is 0. The fourth-order valence-corrected chi connectivity index (χ4v) is 5.04. The lowest BCUT2D eigenvalue weighted by atomic mass is 10.2. The maximum absolute atomic E-state index is 12.8. The molecule has 1 N–H and O–H groups in total. The zero-order valence-electron chi connectivity index (χ0n) is 15.6. The largest absolute Gasteiger partial charge is 0.326 e. The molecule has 8 nitrogen and oxygen atoms in total. The van der Waals surface area contributed by atoms with E-state index in [9.17, 15) is 18.0 Å². The van der Waals surface area contributed by atoms with Gasteiger partial charge in [-0.1, -0.05) is 6.07 Å². The quantitative estimate of drug-likeness (QED) is 0.802. The third kappa shape index (κ3) is 3.41. The fourth-order valence-electron chi connectivity index (χ4n) is 3.56. The number of carbonyl (C=O) groups is 2. The second kappa shape index (κ2) is 6.20. The van der Waals surface area contributed by atoms with E-state index in [4.69, 9.17) is 0 Å². The van der Waals surface area contributed by atoms with Crippen molar-refractivity contribution in [1.29, 1.82) is 0 Å². The monoisotopic (exact) mass is 392 g/mol. The Balaban J connectivity index is 1.54. The zero-order valence-corrected chi connectivity index (χ0v) is 16.4. The van der Waals surface area contributed by atoms with Crippen molar-refractivity contribution in [2.24, 2.45) is 0 Å². The number of sulfonamides is 1. The minimum Gasteiger partial charge on any atom is -0.326 e. The lowest BCUT2D eigenvalue weighted by Crippen LogP contribution is -2.41. The maximum Gasteiger partial charge on any atom is 0.320 e. The molecular weight excluding hydrogens is 368 g/mol. The molecule has 2 aliphatic heterocycles. The van der Waals surface area contributed by atoms with E-state index < -0.39 is 10.0 Å². The number of likely N-dealkylation sites (N-methyl/N-ethyl adjacent to an activating group) is 1. The fraction of sp³-hybridized carbons (Fsp3) is 0.556. The molecule has 0 atom stereocenters. The Morgan fingerprint density at radius 3 is 2.59 bits per heavy atom. The van der Waals surface area contributed by atoms with E-state index in [0.717, 1.165) is 18.4 Å². The summed E-state index contributed by atoms with van der Waals surface area (Å²) in [6.07, 6.45) is 2.35. The van der Waals surface area contributed by atoms with E-state index in [1.165, 1.54) is 4.90 Å². The molecule has 0 spiro atoms. The van der Waals surface area contributed by atoms with Gasteiger partial charge in [0.15, 0.2) is 0 Å².